The van der Waals surface area contributed by atoms with Crippen LogP contribution in [-0.2, 0) is 0 Å². The summed E-state index contributed by atoms with van der Waals surface area (Å²) in [6.45, 7) is 1.82. The number of hydrogen-bond donors (Lipinski definition) is 2. The Morgan fingerprint density at radius 2 is 1.83 bits per heavy atom. The van der Waals surface area contributed by atoms with Crippen molar-refractivity contribution in [3.05, 3.63) is 30.3 Å². The fourth-order valence-corrected chi connectivity index (χ4v) is 2.41. The zero-order valence-electron chi connectivity index (χ0n) is 11.0. The molecule has 1 saturated carbocycles. The van der Waals surface area contributed by atoms with E-state index in [0.29, 0.717) is 12.1 Å². The third-order valence-electron chi connectivity index (χ3n) is 3.54. The summed E-state index contributed by atoms with van der Waals surface area (Å²) in [6, 6.07) is 11.1. The number of nitrogens with one attached hydrogen (secondary N) is 1. The van der Waals surface area contributed by atoms with Gasteiger partial charge in [0.2, 0.25) is 0 Å². The van der Waals surface area contributed by atoms with Crippen LogP contribution in [0.5, 0.6) is 5.75 Å². The molecule has 0 aromatic heterocycles. The minimum Gasteiger partial charge on any atom is -0.494 e. The molecule has 1 aliphatic carbocycles. The summed E-state index contributed by atoms with van der Waals surface area (Å²) in [5.41, 5.74) is 5.89. The van der Waals surface area contributed by atoms with Crippen LogP contribution in [0.3, 0.4) is 0 Å². The second kappa shape index (κ2) is 7.39. The molecule has 1 aromatic rings. The monoisotopic (exact) mass is 248 g/mol. The number of para-hydroxylation sites is 1. The van der Waals surface area contributed by atoms with E-state index in [1.165, 1.54) is 12.8 Å². The van der Waals surface area contributed by atoms with Crippen LogP contribution in [0, 0.1) is 0 Å². The van der Waals surface area contributed by atoms with Crippen molar-refractivity contribution in [1.29, 1.82) is 0 Å². The van der Waals surface area contributed by atoms with Gasteiger partial charge in [-0.05, 0) is 50.8 Å². The normalized spacial score (nSPS) is 23.8. The second-order valence-electron chi connectivity index (χ2n) is 5.08. The number of hydrogen-bond acceptors (Lipinski definition) is 3. The molecule has 3 N–H and O–H groups in total. The van der Waals surface area contributed by atoms with E-state index in [1.54, 1.807) is 0 Å². The third kappa shape index (κ3) is 4.67. The van der Waals surface area contributed by atoms with Crippen molar-refractivity contribution >= 4 is 0 Å². The van der Waals surface area contributed by atoms with Gasteiger partial charge in [0.25, 0.3) is 0 Å². The van der Waals surface area contributed by atoms with E-state index in [1.807, 2.05) is 30.3 Å². The van der Waals surface area contributed by atoms with E-state index >= 15 is 0 Å². The van der Waals surface area contributed by atoms with Crippen LogP contribution in [0.1, 0.15) is 32.1 Å². The quantitative estimate of drug-likeness (QED) is 0.760. The number of benzene rings is 1. The maximum absolute atomic E-state index is 5.89. The van der Waals surface area contributed by atoms with Gasteiger partial charge in [-0.2, -0.15) is 0 Å². The summed E-state index contributed by atoms with van der Waals surface area (Å²) in [4.78, 5) is 0. The Bertz CT molecular complexity index is 321. The van der Waals surface area contributed by atoms with Crippen molar-refractivity contribution in [2.24, 2.45) is 5.73 Å². The van der Waals surface area contributed by atoms with E-state index in [9.17, 15) is 0 Å². The first-order chi connectivity index (χ1) is 8.84. The first-order valence-corrected chi connectivity index (χ1v) is 7.01. The Hall–Kier alpha value is -1.06. The molecule has 0 unspecified atom stereocenters. The minimum absolute atomic E-state index is 0.435. The summed E-state index contributed by atoms with van der Waals surface area (Å²) >= 11 is 0. The lowest BCUT2D eigenvalue weighted by Gasteiger charge is -2.26. The lowest BCUT2D eigenvalue weighted by atomic mass is 9.92. The van der Waals surface area contributed by atoms with Crippen LogP contribution in [0.25, 0.3) is 0 Å². The molecule has 3 nitrogen and oxygen atoms in total. The Labute approximate surface area is 110 Å². The molecule has 2 rings (SSSR count). The van der Waals surface area contributed by atoms with Crippen LogP contribution >= 0.6 is 0 Å². The predicted molar refractivity (Wildman–Crippen MR) is 74.8 cm³/mol. The Morgan fingerprint density at radius 3 is 2.56 bits per heavy atom. The lowest BCUT2D eigenvalue weighted by Crippen LogP contribution is -2.38. The third-order valence-corrected chi connectivity index (χ3v) is 3.54. The van der Waals surface area contributed by atoms with E-state index in [0.717, 1.165) is 38.2 Å². The van der Waals surface area contributed by atoms with Crippen molar-refractivity contribution in [2.45, 2.75) is 44.2 Å². The van der Waals surface area contributed by atoms with Crippen LogP contribution < -0.4 is 15.8 Å². The smallest absolute Gasteiger partial charge is 0.119 e. The van der Waals surface area contributed by atoms with Crippen molar-refractivity contribution < 1.29 is 4.74 Å². The average molecular weight is 248 g/mol. The Kier molecular flexibility index (Phi) is 5.49. The van der Waals surface area contributed by atoms with Crippen LogP contribution in [0.2, 0.25) is 0 Å². The van der Waals surface area contributed by atoms with Crippen molar-refractivity contribution in [2.75, 3.05) is 13.2 Å². The van der Waals surface area contributed by atoms with Gasteiger partial charge in [0.05, 0.1) is 6.61 Å². The van der Waals surface area contributed by atoms with Crippen LogP contribution in [-0.4, -0.2) is 25.2 Å². The van der Waals surface area contributed by atoms with Crippen LogP contribution in [0.15, 0.2) is 30.3 Å². The predicted octanol–water partition coefficient (Wildman–Crippen LogP) is 2.31. The molecule has 0 atom stereocenters. The van der Waals surface area contributed by atoms with Gasteiger partial charge < -0.3 is 15.8 Å². The highest BCUT2D eigenvalue weighted by atomic mass is 16.5. The SMILES string of the molecule is NC1CCC(NCCCOc2ccccc2)CC1. The molecule has 0 saturated heterocycles. The van der Waals surface area contributed by atoms with Crippen molar-refractivity contribution in [3.8, 4) is 5.75 Å². The maximum Gasteiger partial charge on any atom is 0.119 e. The van der Waals surface area contributed by atoms with Crippen molar-refractivity contribution in [3.63, 3.8) is 0 Å². The zero-order valence-corrected chi connectivity index (χ0v) is 11.0. The molecule has 0 heterocycles. The largest absolute Gasteiger partial charge is 0.494 e. The zero-order chi connectivity index (χ0) is 12.6. The lowest BCUT2D eigenvalue weighted by molar-refractivity contribution is 0.292. The molecule has 0 amide bonds. The molecule has 0 aliphatic heterocycles. The van der Waals surface area contributed by atoms with Gasteiger partial charge in [-0.1, -0.05) is 18.2 Å². The molecule has 1 aromatic carbocycles. The molecule has 0 bridgehead atoms. The highest BCUT2D eigenvalue weighted by Gasteiger charge is 2.17. The molecule has 100 valence electrons. The van der Waals surface area contributed by atoms with Gasteiger partial charge in [0.15, 0.2) is 0 Å². The molecule has 1 aliphatic rings. The highest BCUT2D eigenvalue weighted by molar-refractivity contribution is 5.20. The van der Waals surface area contributed by atoms with E-state index in [4.69, 9.17) is 10.5 Å². The maximum atomic E-state index is 5.89. The number of rotatable bonds is 6. The molecular formula is C15H24N2O. The summed E-state index contributed by atoms with van der Waals surface area (Å²) in [7, 11) is 0. The minimum atomic E-state index is 0.435. The Balaban J connectivity index is 1.51. The van der Waals surface area contributed by atoms with E-state index in [-0.39, 0.29) is 0 Å². The first kappa shape index (κ1) is 13.4. The summed E-state index contributed by atoms with van der Waals surface area (Å²) < 4.78 is 5.65. The summed E-state index contributed by atoms with van der Waals surface area (Å²) in [6.07, 6.45) is 5.83. The summed E-state index contributed by atoms with van der Waals surface area (Å²) in [5.74, 6) is 0.959. The highest BCUT2D eigenvalue weighted by Crippen LogP contribution is 2.16. The average Bonchev–Trinajstić information content (AvgIpc) is 2.42. The van der Waals surface area contributed by atoms with Gasteiger partial charge in [-0.25, -0.2) is 0 Å². The molecule has 18 heavy (non-hydrogen) atoms. The topological polar surface area (TPSA) is 47.3 Å². The van der Waals surface area contributed by atoms with Gasteiger partial charge in [-0.3, -0.25) is 0 Å². The van der Waals surface area contributed by atoms with Gasteiger partial charge in [0.1, 0.15) is 5.75 Å². The van der Waals surface area contributed by atoms with Crippen LogP contribution in [0.4, 0.5) is 0 Å². The first-order valence-electron chi connectivity index (χ1n) is 7.01. The molecule has 0 spiro atoms. The fourth-order valence-electron chi connectivity index (χ4n) is 2.41. The molecule has 0 radical (unpaired) electrons. The van der Waals surface area contributed by atoms with E-state index < -0.39 is 0 Å². The summed E-state index contributed by atoms with van der Waals surface area (Å²) in [5, 5.41) is 3.59. The number of ether oxygens (including phenoxy) is 1. The second-order valence-corrected chi connectivity index (χ2v) is 5.08. The van der Waals surface area contributed by atoms with E-state index in [2.05, 4.69) is 5.32 Å². The van der Waals surface area contributed by atoms with Gasteiger partial charge >= 0.3 is 0 Å². The molecular weight excluding hydrogens is 224 g/mol. The molecule has 1 fully saturated rings. The standard InChI is InChI=1S/C15H24N2O/c16-13-7-9-14(10-8-13)17-11-4-12-18-15-5-2-1-3-6-15/h1-3,5-6,13-14,17H,4,7-12,16H2. The Morgan fingerprint density at radius 1 is 1.11 bits per heavy atom. The van der Waals surface area contributed by atoms with Crippen molar-refractivity contribution in [1.82, 2.24) is 5.32 Å². The van der Waals surface area contributed by atoms with Gasteiger partial charge in [-0.15, -0.1) is 0 Å². The van der Waals surface area contributed by atoms with Gasteiger partial charge in [0, 0.05) is 12.1 Å². The fraction of sp³-hybridized carbons (Fsp3) is 0.600. The molecule has 3 heteroatoms. The number of nitrogens with two attached hydrogens (primary N) is 1.